The zero-order chi connectivity index (χ0) is 22.2. The molecular formula is C27H28N2O3. The average Bonchev–Trinajstić information content (AvgIpc) is 3.39. The highest BCUT2D eigenvalue weighted by molar-refractivity contribution is 6.11. The normalized spacial score (nSPS) is 20.0. The first-order valence-electron chi connectivity index (χ1n) is 11.3. The SMILES string of the molecule is CC(C)COc1ccccc1-c1ccc(C(=O)N2C[C@@H]3CNC(=O)[C@@H]3C2)c2ccccc12. The van der Waals surface area contributed by atoms with E-state index in [0.29, 0.717) is 37.7 Å². The standard InChI is InChI=1S/C27H28N2O3/c1-17(2)16-32-25-10-6-5-9-22(25)21-11-12-23(20-8-4-3-7-19(20)21)27(31)29-14-18-13-28-26(30)24(18)15-29/h3-12,17-18,24H,13-16H2,1-2H3,(H,28,30)/t18-,24+/m0/s1. The molecular weight excluding hydrogens is 400 g/mol. The van der Waals surface area contributed by atoms with Crippen molar-refractivity contribution in [2.24, 2.45) is 17.8 Å². The lowest BCUT2D eigenvalue weighted by Crippen LogP contribution is -2.33. The first-order valence-corrected chi connectivity index (χ1v) is 11.3. The third-order valence-corrected chi connectivity index (χ3v) is 6.51. The number of fused-ring (bicyclic) bond motifs is 2. The van der Waals surface area contributed by atoms with Crippen LogP contribution in [-0.4, -0.2) is 43.0 Å². The molecule has 2 aliphatic rings. The maximum Gasteiger partial charge on any atom is 0.254 e. The molecule has 1 N–H and O–H groups in total. The van der Waals surface area contributed by atoms with Gasteiger partial charge in [0.15, 0.2) is 0 Å². The molecule has 0 saturated carbocycles. The zero-order valence-corrected chi connectivity index (χ0v) is 18.5. The van der Waals surface area contributed by atoms with Crippen molar-refractivity contribution in [2.45, 2.75) is 13.8 Å². The van der Waals surface area contributed by atoms with Crippen LogP contribution in [0, 0.1) is 17.8 Å². The van der Waals surface area contributed by atoms with E-state index >= 15 is 0 Å². The number of benzene rings is 3. The first kappa shape index (κ1) is 20.6. The molecule has 5 nitrogen and oxygen atoms in total. The highest BCUT2D eigenvalue weighted by Crippen LogP contribution is 2.37. The second-order valence-electron chi connectivity index (χ2n) is 9.23. The summed E-state index contributed by atoms with van der Waals surface area (Å²) in [7, 11) is 0. The van der Waals surface area contributed by atoms with Crippen LogP contribution in [0.25, 0.3) is 21.9 Å². The Morgan fingerprint density at radius 1 is 1.00 bits per heavy atom. The summed E-state index contributed by atoms with van der Waals surface area (Å²) in [4.78, 5) is 27.3. The van der Waals surface area contributed by atoms with Crippen molar-refractivity contribution in [1.29, 1.82) is 0 Å². The predicted molar refractivity (Wildman–Crippen MR) is 126 cm³/mol. The van der Waals surface area contributed by atoms with Gasteiger partial charge in [-0.05, 0) is 34.4 Å². The van der Waals surface area contributed by atoms with E-state index in [9.17, 15) is 9.59 Å². The number of hydrogen-bond donors (Lipinski definition) is 1. The summed E-state index contributed by atoms with van der Waals surface area (Å²) in [6.07, 6.45) is 0. The maximum atomic E-state index is 13.5. The van der Waals surface area contributed by atoms with Crippen LogP contribution in [0.4, 0.5) is 0 Å². The number of rotatable bonds is 5. The van der Waals surface area contributed by atoms with E-state index in [1.165, 1.54) is 0 Å². The van der Waals surface area contributed by atoms with Gasteiger partial charge in [0.25, 0.3) is 5.91 Å². The third kappa shape index (κ3) is 3.62. The number of nitrogens with one attached hydrogen (secondary N) is 1. The quantitative estimate of drug-likeness (QED) is 0.657. The van der Waals surface area contributed by atoms with E-state index in [-0.39, 0.29) is 23.7 Å². The van der Waals surface area contributed by atoms with Gasteiger partial charge in [-0.3, -0.25) is 9.59 Å². The second kappa shape index (κ2) is 8.30. The Morgan fingerprint density at radius 3 is 2.53 bits per heavy atom. The van der Waals surface area contributed by atoms with Crippen LogP contribution in [0.2, 0.25) is 0 Å². The molecule has 2 atom stereocenters. The molecule has 0 aromatic heterocycles. The van der Waals surface area contributed by atoms with Gasteiger partial charge in [0, 0.05) is 36.7 Å². The number of ether oxygens (including phenoxy) is 1. The van der Waals surface area contributed by atoms with E-state index in [0.717, 1.165) is 27.6 Å². The summed E-state index contributed by atoms with van der Waals surface area (Å²) < 4.78 is 6.10. The lowest BCUT2D eigenvalue weighted by Gasteiger charge is -2.20. The number of nitrogens with zero attached hydrogens (tertiary/aromatic N) is 1. The fraction of sp³-hybridized carbons (Fsp3) is 0.333. The summed E-state index contributed by atoms with van der Waals surface area (Å²) in [5.41, 5.74) is 2.76. The minimum Gasteiger partial charge on any atom is -0.493 e. The Balaban J connectivity index is 1.52. The van der Waals surface area contributed by atoms with Crippen LogP contribution in [0.3, 0.4) is 0 Å². The second-order valence-corrected chi connectivity index (χ2v) is 9.23. The number of carbonyl (C=O) groups excluding carboxylic acids is 2. The van der Waals surface area contributed by atoms with Crippen LogP contribution in [-0.2, 0) is 4.79 Å². The highest BCUT2D eigenvalue weighted by Gasteiger charge is 2.43. The summed E-state index contributed by atoms with van der Waals surface area (Å²) in [5.74, 6) is 1.50. The molecule has 0 radical (unpaired) electrons. The molecule has 0 spiro atoms. The van der Waals surface area contributed by atoms with Crippen molar-refractivity contribution in [2.75, 3.05) is 26.2 Å². The topological polar surface area (TPSA) is 58.6 Å². The third-order valence-electron chi connectivity index (χ3n) is 6.51. The number of para-hydroxylation sites is 1. The van der Waals surface area contributed by atoms with Crippen molar-refractivity contribution in [3.05, 3.63) is 66.2 Å². The number of hydrogen-bond acceptors (Lipinski definition) is 3. The summed E-state index contributed by atoms with van der Waals surface area (Å²) >= 11 is 0. The number of likely N-dealkylation sites (tertiary alicyclic amines) is 1. The molecule has 0 unspecified atom stereocenters. The average molecular weight is 429 g/mol. The van der Waals surface area contributed by atoms with E-state index in [4.69, 9.17) is 4.74 Å². The molecule has 3 aromatic rings. The van der Waals surface area contributed by atoms with Gasteiger partial charge < -0.3 is 15.0 Å². The molecule has 164 valence electrons. The molecule has 2 fully saturated rings. The van der Waals surface area contributed by atoms with Crippen LogP contribution in [0.15, 0.2) is 60.7 Å². The summed E-state index contributed by atoms with van der Waals surface area (Å²) in [6, 6.07) is 20.1. The molecule has 32 heavy (non-hydrogen) atoms. The van der Waals surface area contributed by atoms with Crippen molar-refractivity contribution in [3.63, 3.8) is 0 Å². The van der Waals surface area contributed by atoms with Crippen molar-refractivity contribution in [3.8, 4) is 16.9 Å². The Morgan fingerprint density at radius 2 is 1.75 bits per heavy atom. The van der Waals surface area contributed by atoms with Crippen molar-refractivity contribution in [1.82, 2.24) is 10.2 Å². The molecule has 2 amide bonds. The molecule has 3 aromatic carbocycles. The van der Waals surface area contributed by atoms with Gasteiger partial charge >= 0.3 is 0 Å². The van der Waals surface area contributed by atoms with Crippen molar-refractivity contribution >= 4 is 22.6 Å². The predicted octanol–water partition coefficient (Wildman–Crippen LogP) is 4.36. The fourth-order valence-electron chi connectivity index (χ4n) is 4.87. The smallest absolute Gasteiger partial charge is 0.254 e. The van der Waals surface area contributed by atoms with Crippen LogP contribution >= 0.6 is 0 Å². The highest BCUT2D eigenvalue weighted by atomic mass is 16.5. The van der Waals surface area contributed by atoms with Gasteiger partial charge in [0.1, 0.15) is 5.75 Å². The zero-order valence-electron chi connectivity index (χ0n) is 18.5. The molecule has 2 heterocycles. The Kier molecular flexibility index (Phi) is 5.33. The lowest BCUT2D eigenvalue weighted by atomic mass is 9.94. The van der Waals surface area contributed by atoms with Gasteiger partial charge in [0.2, 0.25) is 5.91 Å². The molecule has 5 rings (SSSR count). The van der Waals surface area contributed by atoms with Gasteiger partial charge in [-0.2, -0.15) is 0 Å². The molecule has 2 aliphatic heterocycles. The van der Waals surface area contributed by atoms with E-state index in [2.05, 4.69) is 31.3 Å². The minimum absolute atomic E-state index is 0.000655. The Labute approximate surface area is 188 Å². The fourth-order valence-corrected chi connectivity index (χ4v) is 4.87. The molecule has 0 bridgehead atoms. The lowest BCUT2D eigenvalue weighted by molar-refractivity contribution is -0.122. The maximum absolute atomic E-state index is 13.5. The molecule has 5 heteroatoms. The minimum atomic E-state index is -0.0746. The monoisotopic (exact) mass is 428 g/mol. The number of carbonyl (C=O) groups is 2. The van der Waals surface area contributed by atoms with Crippen molar-refractivity contribution < 1.29 is 14.3 Å². The van der Waals surface area contributed by atoms with E-state index in [1.807, 2.05) is 53.4 Å². The van der Waals surface area contributed by atoms with Gasteiger partial charge in [-0.15, -0.1) is 0 Å². The van der Waals surface area contributed by atoms with Crippen LogP contribution in [0.5, 0.6) is 5.75 Å². The first-order chi connectivity index (χ1) is 15.5. The molecule has 2 saturated heterocycles. The van der Waals surface area contributed by atoms with Gasteiger partial charge in [-0.1, -0.05) is 62.4 Å². The van der Waals surface area contributed by atoms with E-state index < -0.39 is 0 Å². The van der Waals surface area contributed by atoms with Gasteiger partial charge in [-0.25, -0.2) is 0 Å². The summed E-state index contributed by atoms with van der Waals surface area (Å²) in [6.45, 7) is 6.71. The van der Waals surface area contributed by atoms with Crippen LogP contribution < -0.4 is 10.1 Å². The van der Waals surface area contributed by atoms with E-state index in [1.54, 1.807) is 0 Å². The largest absolute Gasteiger partial charge is 0.493 e. The Bertz CT molecular complexity index is 1190. The molecule has 0 aliphatic carbocycles. The van der Waals surface area contributed by atoms with Gasteiger partial charge in [0.05, 0.1) is 12.5 Å². The van der Waals surface area contributed by atoms with Crippen LogP contribution in [0.1, 0.15) is 24.2 Å². The number of amides is 2. The Hall–Kier alpha value is -3.34. The summed E-state index contributed by atoms with van der Waals surface area (Å²) in [5, 5.41) is 4.86.